The summed E-state index contributed by atoms with van der Waals surface area (Å²) in [6.45, 7) is 11.2. The molecule has 0 aliphatic heterocycles. The molecule has 0 saturated carbocycles. The highest BCUT2D eigenvalue weighted by Crippen LogP contribution is 2.48. The third-order valence-corrected chi connectivity index (χ3v) is 4.51. The Morgan fingerprint density at radius 2 is 1.61 bits per heavy atom. The van der Waals surface area contributed by atoms with Crippen molar-refractivity contribution >= 4 is 0 Å². The lowest BCUT2D eigenvalue weighted by molar-refractivity contribution is 0.193. The molecule has 0 saturated heterocycles. The van der Waals surface area contributed by atoms with Crippen LogP contribution in [0.2, 0.25) is 0 Å². The van der Waals surface area contributed by atoms with Gasteiger partial charge in [0.2, 0.25) is 0 Å². The molecule has 1 rings (SSSR count). The Morgan fingerprint density at radius 3 is 2.00 bits per heavy atom. The van der Waals surface area contributed by atoms with Gasteiger partial charge in [-0.2, -0.15) is 0 Å². The summed E-state index contributed by atoms with van der Waals surface area (Å²) >= 11 is 0. The molecule has 1 nitrogen and oxygen atoms in total. The van der Waals surface area contributed by atoms with Crippen LogP contribution in [0.3, 0.4) is 0 Å². The van der Waals surface area contributed by atoms with Crippen molar-refractivity contribution < 1.29 is 0 Å². The second-order valence-corrected chi connectivity index (χ2v) is 5.74. The van der Waals surface area contributed by atoms with E-state index in [0.717, 1.165) is 18.5 Å². The molecule has 1 heteroatoms. The summed E-state index contributed by atoms with van der Waals surface area (Å²) < 4.78 is 0. The number of nitrogens with two attached hydrogens (primary N) is 1. The number of hydrogen-bond donors (Lipinski definition) is 1. The van der Waals surface area contributed by atoms with Crippen molar-refractivity contribution in [2.24, 2.45) is 11.1 Å². The molecular formula is C17H27N. The summed E-state index contributed by atoms with van der Waals surface area (Å²) in [4.78, 5) is 0. The summed E-state index contributed by atoms with van der Waals surface area (Å²) in [5.74, 6) is 0. The smallest absolute Gasteiger partial charge is 0.00143 e. The molecule has 0 bridgehead atoms. The average Bonchev–Trinajstić information content (AvgIpc) is 2.36. The lowest BCUT2D eigenvalue weighted by atomic mass is 9.59. The maximum absolute atomic E-state index is 5.97. The van der Waals surface area contributed by atoms with Gasteiger partial charge >= 0.3 is 0 Å². The SMILES string of the molecule is CCC(C=C(C)N)(CC)C(C)(C)c1ccccc1. The first kappa shape index (κ1) is 14.8. The highest BCUT2D eigenvalue weighted by Gasteiger charge is 2.41. The molecule has 0 heterocycles. The molecule has 2 N–H and O–H groups in total. The van der Waals surface area contributed by atoms with Gasteiger partial charge in [-0.25, -0.2) is 0 Å². The van der Waals surface area contributed by atoms with E-state index < -0.39 is 0 Å². The van der Waals surface area contributed by atoms with Crippen molar-refractivity contribution in [3.63, 3.8) is 0 Å². The topological polar surface area (TPSA) is 26.0 Å². The molecule has 1 aromatic carbocycles. The van der Waals surface area contributed by atoms with Crippen LogP contribution in [-0.2, 0) is 5.41 Å². The first-order chi connectivity index (χ1) is 8.39. The van der Waals surface area contributed by atoms with E-state index in [1.807, 2.05) is 6.92 Å². The van der Waals surface area contributed by atoms with E-state index in [-0.39, 0.29) is 10.8 Å². The van der Waals surface area contributed by atoms with Crippen molar-refractivity contribution in [1.82, 2.24) is 0 Å². The van der Waals surface area contributed by atoms with Gasteiger partial charge in [0.25, 0.3) is 0 Å². The summed E-state index contributed by atoms with van der Waals surface area (Å²) in [5.41, 5.74) is 8.47. The van der Waals surface area contributed by atoms with Gasteiger partial charge in [-0.3, -0.25) is 0 Å². The van der Waals surface area contributed by atoms with Gasteiger partial charge in [0.15, 0.2) is 0 Å². The zero-order valence-corrected chi connectivity index (χ0v) is 12.5. The van der Waals surface area contributed by atoms with Crippen molar-refractivity contribution in [2.75, 3.05) is 0 Å². The van der Waals surface area contributed by atoms with E-state index in [1.54, 1.807) is 0 Å². The standard InChI is InChI=1S/C17H27N/c1-6-17(7-2,13-14(3)18)16(4,5)15-11-9-8-10-12-15/h8-13H,6-7,18H2,1-5H3. The van der Waals surface area contributed by atoms with Crippen LogP contribution >= 0.6 is 0 Å². The predicted molar refractivity (Wildman–Crippen MR) is 80.4 cm³/mol. The summed E-state index contributed by atoms with van der Waals surface area (Å²) in [7, 11) is 0. The van der Waals surface area contributed by atoms with E-state index in [9.17, 15) is 0 Å². The highest BCUT2D eigenvalue weighted by molar-refractivity contribution is 5.30. The molecule has 0 atom stereocenters. The third kappa shape index (κ3) is 2.60. The van der Waals surface area contributed by atoms with Crippen LogP contribution in [0.15, 0.2) is 42.1 Å². The first-order valence-electron chi connectivity index (χ1n) is 6.90. The molecule has 0 spiro atoms. The van der Waals surface area contributed by atoms with Crippen LogP contribution in [0.1, 0.15) is 53.0 Å². The molecule has 0 fully saturated rings. The quantitative estimate of drug-likeness (QED) is 0.804. The molecule has 0 radical (unpaired) electrons. The Morgan fingerprint density at radius 1 is 1.11 bits per heavy atom. The van der Waals surface area contributed by atoms with Crippen LogP contribution in [0, 0.1) is 5.41 Å². The van der Waals surface area contributed by atoms with E-state index in [2.05, 4.69) is 64.1 Å². The summed E-state index contributed by atoms with van der Waals surface area (Å²) in [6, 6.07) is 10.8. The Bertz CT molecular complexity index is 393. The fraction of sp³-hybridized carbons (Fsp3) is 0.529. The molecule has 0 aliphatic carbocycles. The Hall–Kier alpha value is -1.24. The highest BCUT2D eigenvalue weighted by atomic mass is 14.6. The largest absolute Gasteiger partial charge is 0.403 e. The number of hydrogen-bond acceptors (Lipinski definition) is 1. The van der Waals surface area contributed by atoms with Gasteiger partial charge in [0.1, 0.15) is 0 Å². The van der Waals surface area contributed by atoms with Gasteiger partial charge in [0.05, 0.1) is 0 Å². The zero-order chi connectivity index (χ0) is 13.8. The lowest BCUT2D eigenvalue weighted by Gasteiger charge is -2.45. The second-order valence-electron chi connectivity index (χ2n) is 5.74. The fourth-order valence-electron chi connectivity index (χ4n) is 3.10. The predicted octanol–water partition coefficient (Wildman–Crippen LogP) is 4.63. The minimum Gasteiger partial charge on any atom is -0.403 e. The van der Waals surface area contributed by atoms with Crippen molar-refractivity contribution in [3.05, 3.63) is 47.7 Å². The maximum Gasteiger partial charge on any atom is 0.00143 e. The number of rotatable bonds is 5. The maximum atomic E-state index is 5.97. The van der Waals surface area contributed by atoms with E-state index in [1.165, 1.54) is 5.56 Å². The van der Waals surface area contributed by atoms with Crippen LogP contribution in [0.5, 0.6) is 0 Å². The van der Waals surface area contributed by atoms with Crippen molar-refractivity contribution in [2.45, 2.75) is 52.9 Å². The monoisotopic (exact) mass is 245 g/mol. The Balaban J connectivity index is 3.33. The first-order valence-corrected chi connectivity index (χ1v) is 6.90. The molecule has 0 aromatic heterocycles. The molecule has 1 aromatic rings. The molecule has 100 valence electrons. The van der Waals surface area contributed by atoms with Gasteiger partial charge in [-0.1, -0.05) is 64.1 Å². The van der Waals surface area contributed by atoms with Crippen molar-refractivity contribution in [3.8, 4) is 0 Å². The molecule has 0 amide bonds. The van der Waals surface area contributed by atoms with E-state index in [0.29, 0.717) is 0 Å². The third-order valence-electron chi connectivity index (χ3n) is 4.51. The van der Waals surface area contributed by atoms with Crippen LogP contribution in [0.4, 0.5) is 0 Å². The number of allylic oxidation sites excluding steroid dienone is 2. The van der Waals surface area contributed by atoms with Gasteiger partial charge in [0, 0.05) is 5.70 Å². The van der Waals surface area contributed by atoms with Gasteiger partial charge < -0.3 is 5.73 Å². The van der Waals surface area contributed by atoms with E-state index >= 15 is 0 Å². The normalized spacial score (nSPS) is 13.7. The Kier molecular flexibility index (Phi) is 4.61. The average molecular weight is 245 g/mol. The summed E-state index contributed by atoms with van der Waals surface area (Å²) in [5, 5.41) is 0. The number of benzene rings is 1. The molecule has 0 unspecified atom stereocenters. The van der Waals surface area contributed by atoms with Gasteiger partial charge in [-0.05, 0) is 36.2 Å². The van der Waals surface area contributed by atoms with E-state index in [4.69, 9.17) is 5.73 Å². The van der Waals surface area contributed by atoms with Crippen LogP contribution in [-0.4, -0.2) is 0 Å². The fourth-order valence-corrected chi connectivity index (χ4v) is 3.10. The summed E-state index contributed by atoms with van der Waals surface area (Å²) in [6.07, 6.45) is 4.46. The van der Waals surface area contributed by atoms with Crippen LogP contribution < -0.4 is 5.73 Å². The Labute approximate surface area is 112 Å². The zero-order valence-electron chi connectivity index (χ0n) is 12.5. The second kappa shape index (κ2) is 5.60. The lowest BCUT2D eigenvalue weighted by Crippen LogP contribution is -2.39. The van der Waals surface area contributed by atoms with Crippen LogP contribution in [0.25, 0.3) is 0 Å². The molecule has 18 heavy (non-hydrogen) atoms. The molecule has 0 aliphatic rings. The minimum atomic E-state index is 0.0817. The minimum absolute atomic E-state index is 0.0817. The van der Waals surface area contributed by atoms with Gasteiger partial charge in [-0.15, -0.1) is 0 Å². The van der Waals surface area contributed by atoms with Crippen molar-refractivity contribution in [1.29, 1.82) is 0 Å². The molecular weight excluding hydrogens is 218 g/mol.